The number of hydrogen-bond donors (Lipinski definition) is 2. The summed E-state index contributed by atoms with van der Waals surface area (Å²) in [6.45, 7) is 5.97. The van der Waals surface area contributed by atoms with E-state index in [0.29, 0.717) is 17.3 Å². The predicted molar refractivity (Wildman–Crippen MR) is 130 cm³/mol. The van der Waals surface area contributed by atoms with Crippen molar-refractivity contribution < 1.29 is 9.90 Å². The van der Waals surface area contributed by atoms with Gasteiger partial charge in [-0.2, -0.15) is 0 Å². The van der Waals surface area contributed by atoms with Gasteiger partial charge in [-0.1, -0.05) is 44.0 Å². The maximum Gasteiger partial charge on any atom is 0.332 e. The van der Waals surface area contributed by atoms with E-state index in [9.17, 15) is 19.5 Å². The Labute approximate surface area is 191 Å². The summed E-state index contributed by atoms with van der Waals surface area (Å²) in [5.74, 6) is -1.03. The lowest BCUT2D eigenvalue weighted by Crippen LogP contribution is -2.44. The molecule has 2 N–H and O–H groups in total. The Morgan fingerprint density at radius 3 is 2.58 bits per heavy atom. The van der Waals surface area contributed by atoms with Crippen LogP contribution in [0.4, 0.5) is 0 Å². The van der Waals surface area contributed by atoms with Gasteiger partial charge in [0.25, 0.3) is 5.56 Å². The molecular weight excluding hydrogens is 418 g/mol. The molecule has 0 aliphatic heterocycles. The summed E-state index contributed by atoms with van der Waals surface area (Å²) in [7, 11) is 0. The van der Waals surface area contributed by atoms with Crippen molar-refractivity contribution in [1.82, 2.24) is 14.1 Å². The first kappa shape index (κ1) is 22.6. The summed E-state index contributed by atoms with van der Waals surface area (Å²) in [6, 6.07) is 12.0. The van der Waals surface area contributed by atoms with E-state index in [4.69, 9.17) is 0 Å². The normalized spacial score (nSPS) is 13.4. The summed E-state index contributed by atoms with van der Waals surface area (Å²) in [6.07, 6.45) is 3.67. The van der Waals surface area contributed by atoms with Gasteiger partial charge in [-0.05, 0) is 44.0 Å². The average molecular weight is 448 g/mol. The zero-order chi connectivity index (χ0) is 23.7. The second-order valence-electron chi connectivity index (χ2n) is 8.66. The molecule has 2 heterocycles. The number of unbranched alkanes of at least 4 members (excludes halogenated alkanes) is 1. The molecule has 2 atom stereocenters. The number of fused-ring (bicyclic) bond motifs is 2. The Morgan fingerprint density at radius 2 is 1.85 bits per heavy atom. The standard InChI is InChI=1S/C26H29N3O4/c1-4-5-10-18(14-23(30)31)29-25(32)19-11-6-7-13-22(19)28(26(29)33)17(3)20-15-27-21-12-8-9-16(2)24(20)21/h6-9,11-13,15,17-18,27H,4-5,10,14H2,1-3H3,(H,30,31). The number of rotatable bonds is 8. The Morgan fingerprint density at radius 1 is 1.09 bits per heavy atom. The number of carbonyl (C=O) groups is 1. The molecule has 0 aliphatic carbocycles. The molecule has 0 saturated carbocycles. The van der Waals surface area contributed by atoms with Crippen LogP contribution in [0.25, 0.3) is 21.8 Å². The van der Waals surface area contributed by atoms with Gasteiger partial charge in [0.2, 0.25) is 0 Å². The monoisotopic (exact) mass is 447 g/mol. The number of aromatic nitrogens is 3. The minimum absolute atomic E-state index is 0.270. The minimum atomic E-state index is -1.03. The largest absolute Gasteiger partial charge is 0.481 e. The Hall–Kier alpha value is -3.61. The highest BCUT2D eigenvalue weighted by molar-refractivity contribution is 5.87. The molecule has 7 nitrogen and oxygen atoms in total. The summed E-state index contributed by atoms with van der Waals surface area (Å²) in [4.78, 5) is 42.2. The summed E-state index contributed by atoms with van der Waals surface area (Å²) in [5, 5.41) is 10.9. The van der Waals surface area contributed by atoms with Crippen molar-refractivity contribution in [2.24, 2.45) is 0 Å². The third-order valence-electron chi connectivity index (χ3n) is 6.47. The number of H-pyrrole nitrogens is 1. The number of carboxylic acid groups (broad SMARTS) is 1. The molecule has 0 radical (unpaired) electrons. The van der Waals surface area contributed by atoms with Crippen LogP contribution < -0.4 is 11.2 Å². The van der Waals surface area contributed by atoms with Gasteiger partial charge in [0.15, 0.2) is 0 Å². The number of benzene rings is 2. The van der Waals surface area contributed by atoms with Gasteiger partial charge in [0.05, 0.1) is 29.4 Å². The van der Waals surface area contributed by atoms with Crippen LogP contribution in [0.3, 0.4) is 0 Å². The molecule has 2 unspecified atom stereocenters. The van der Waals surface area contributed by atoms with E-state index in [-0.39, 0.29) is 12.5 Å². The van der Waals surface area contributed by atoms with Gasteiger partial charge < -0.3 is 10.1 Å². The average Bonchev–Trinajstić information content (AvgIpc) is 3.22. The second kappa shape index (κ2) is 9.10. The quantitative estimate of drug-likeness (QED) is 0.407. The topological polar surface area (TPSA) is 97.1 Å². The van der Waals surface area contributed by atoms with Gasteiger partial charge in [0.1, 0.15) is 0 Å². The molecule has 33 heavy (non-hydrogen) atoms. The van der Waals surface area contributed by atoms with Crippen LogP contribution in [0.2, 0.25) is 0 Å². The molecule has 4 aromatic rings. The fraction of sp³-hybridized carbons (Fsp3) is 0.346. The first-order valence-electron chi connectivity index (χ1n) is 11.4. The number of aliphatic carboxylic acids is 1. The number of nitrogens with zero attached hydrogens (tertiary/aromatic N) is 2. The van der Waals surface area contributed by atoms with Crippen LogP contribution in [-0.2, 0) is 4.79 Å². The lowest BCUT2D eigenvalue weighted by Gasteiger charge is -2.23. The van der Waals surface area contributed by atoms with Gasteiger partial charge in [-0.25, -0.2) is 4.79 Å². The predicted octanol–water partition coefficient (Wildman–Crippen LogP) is 4.77. The molecule has 4 rings (SSSR count). The number of nitrogens with one attached hydrogen (secondary N) is 1. The van der Waals surface area contributed by atoms with Crippen molar-refractivity contribution in [3.63, 3.8) is 0 Å². The fourth-order valence-electron chi connectivity index (χ4n) is 4.83. The Balaban J connectivity index is 2.01. The molecule has 2 aromatic heterocycles. The van der Waals surface area contributed by atoms with E-state index in [0.717, 1.165) is 34.9 Å². The van der Waals surface area contributed by atoms with Crippen molar-refractivity contribution in [1.29, 1.82) is 0 Å². The van der Waals surface area contributed by atoms with Crippen molar-refractivity contribution in [2.75, 3.05) is 0 Å². The SMILES string of the molecule is CCCCC(CC(=O)O)n1c(=O)c2ccccc2n(C(C)c2c[nH]c3cccc(C)c23)c1=O. The van der Waals surface area contributed by atoms with Crippen LogP contribution in [0, 0.1) is 6.92 Å². The zero-order valence-electron chi connectivity index (χ0n) is 19.2. The number of carboxylic acids is 1. The molecule has 0 aliphatic rings. The van der Waals surface area contributed by atoms with Crippen LogP contribution in [-0.4, -0.2) is 25.2 Å². The maximum atomic E-state index is 13.9. The summed E-state index contributed by atoms with van der Waals surface area (Å²) in [5.41, 5.74) is 2.66. The zero-order valence-corrected chi connectivity index (χ0v) is 19.2. The Bertz CT molecular complexity index is 1440. The van der Waals surface area contributed by atoms with Crippen LogP contribution in [0.15, 0.2) is 58.3 Å². The van der Waals surface area contributed by atoms with E-state index in [1.54, 1.807) is 28.8 Å². The number of aryl methyl sites for hydroxylation is 1. The van der Waals surface area contributed by atoms with Gasteiger partial charge in [-0.15, -0.1) is 0 Å². The van der Waals surface area contributed by atoms with Crippen molar-refractivity contribution in [2.45, 2.75) is 58.5 Å². The minimum Gasteiger partial charge on any atom is -0.481 e. The van der Waals surface area contributed by atoms with Crippen molar-refractivity contribution in [3.05, 3.63) is 80.6 Å². The van der Waals surface area contributed by atoms with E-state index in [1.165, 1.54) is 4.57 Å². The third kappa shape index (κ3) is 3.99. The highest BCUT2D eigenvalue weighted by Crippen LogP contribution is 2.30. The van der Waals surface area contributed by atoms with Gasteiger partial charge in [-0.3, -0.25) is 18.7 Å². The molecule has 0 fully saturated rings. The molecule has 0 amide bonds. The van der Waals surface area contributed by atoms with Crippen molar-refractivity contribution >= 4 is 27.8 Å². The molecule has 0 spiro atoms. The third-order valence-corrected chi connectivity index (χ3v) is 6.47. The fourth-order valence-corrected chi connectivity index (χ4v) is 4.83. The molecule has 7 heteroatoms. The lowest BCUT2D eigenvalue weighted by atomic mass is 10.0. The number of para-hydroxylation sites is 1. The summed E-state index contributed by atoms with van der Waals surface area (Å²) >= 11 is 0. The van der Waals surface area contributed by atoms with Gasteiger partial charge >= 0.3 is 11.7 Å². The molecule has 0 saturated heterocycles. The first-order valence-corrected chi connectivity index (χ1v) is 11.4. The maximum absolute atomic E-state index is 13.9. The Kier molecular flexibility index (Phi) is 6.22. The molecule has 2 aromatic carbocycles. The van der Waals surface area contributed by atoms with Crippen molar-refractivity contribution in [3.8, 4) is 0 Å². The molecule has 172 valence electrons. The highest BCUT2D eigenvalue weighted by Gasteiger charge is 2.25. The van der Waals surface area contributed by atoms with E-state index >= 15 is 0 Å². The van der Waals surface area contributed by atoms with E-state index in [2.05, 4.69) is 4.98 Å². The number of hydrogen-bond acceptors (Lipinski definition) is 3. The van der Waals surface area contributed by atoms with E-state index in [1.807, 2.05) is 45.2 Å². The van der Waals surface area contributed by atoms with E-state index < -0.39 is 23.3 Å². The van der Waals surface area contributed by atoms with Gasteiger partial charge in [0, 0.05) is 22.7 Å². The smallest absolute Gasteiger partial charge is 0.332 e. The van der Waals surface area contributed by atoms with Crippen LogP contribution in [0.5, 0.6) is 0 Å². The highest BCUT2D eigenvalue weighted by atomic mass is 16.4. The molecular formula is C26H29N3O4. The second-order valence-corrected chi connectivity index (χ2v) is 8.66. The molecule has 0 bridgehead atoms. The summed E-state index contributed by atoms with van der Waals surface area (Å²) < 4.78 is 2.80. The lowest BCUT2D eigenvalue weighted by molar-refractivity contribution is -0.138. The van der Waals surface area contributed by atoms with Crippen LogP contribution in [0.1, 0.15) is 62.7 Å². The number of aromatic amines is 1. The first-order chi connectivity index (χ1) is 15.8. The van der Waals surface area contributed by atoms with Crippen LogP contribution >= 0.6 is 0 Å².